The molecule has 0 radical (unpaired) electrons. The number of benzene rings is 1. The highest BCUT2D eigenvalue weighted by Crippen LogP contribution is 2.33. The van der Waals surface area contributed by atoms with Gasteiger partial charge in [-0.2, -0.15) is 0 Å². The topological polar surface area (TPSA) is 78.8 Å². The van der Waals surface area contributed by atoms with Crippen molar-refractivity contribution in [3.8, 4) is 5.75 Å². The number of aliphatic carboxylic acids is 1. The number of ether oxygens (including phenoxy) is 1. The molecule has 5 nitrogen and oxygen atoms in total. The van der Waals surface area contributed by atoms with Crippen LogP contribution in [-0.2, 0) is 4.79 Å². The third kappa shape index (κ3) is 4.11. The Hall–Kier alpha value is -1.75. The molecule has 0 spiro atoms. The van der Waals surface area contributed by atoms with Gasteiger partial charge in [-0.05, 0) is 44.7 Å². The molecule has 0 bridgehead atoms. The second-order valence-electron chi connectivity index (χ2n) is 5.62. The molecule has 0 atom stereocenters. The summed E-state index contributed by atoms with van der Waals surface area (Å²) >= 11 is 0. The Kier molecular flexibility index (Phi) is 5.07. The molecule has 3 N–H and O–H groups in total. The normalized spacial score (nSPS) is 25.3. The third-order valence-corrected chi connectivity index (χ3v) is 4.06. The van der Waals surface area contributed by atoms with E-state index in [1.165, 1.54) is 0 Å². The van der Waals surface area contributed by atoms with E-state index >= 15 is 0 Å². The SMILES string of the molecule is CCOc1ccccc1NCC1(O)CCC(C(=O)O)CC1. The molecule has 0 saturated heterocycles. The van der Waals surface area contributed by atoms with Crippen molar-refractivity contribution in [1.29, 1.82) is 0 Å². The molecule has 0 aliphatic heterocycles. The highest BCUT2D eigenvalue weighted by atomic mass is 16.5. The molecule has 0 aromatic heterocycles. The average Bonchev–Trinajstić information content (AvgIpc) is 2.47. The van der Waals surface area contributed by atoms with Crippen LogP contribution in [0.4, 0.5) is 5.69 Å². The van der Waals surface area contributed by atoms with Crippen LogP contribution >= 0.6 is 0 Å². The number of carboxylic acids is 1. The largest absolute Gasteiger partial charge is 0.492 e. The van der Waals surface area contributed by atoms with Crippen LogP contribution in [0, 0.1) is 5.92 Å². The highest BCUT2D eigenvalue weighted by molar-refractivity contribution is 5.70. The van der Waals surface area contributed by atoms with Crippen molar-refractivity contribution < 1.29 is 19.7 Å². The zero-order chi connectivity index (χ0) is 15.3. The lowest BCUT2D eigenvalue weighted by molar-refractivity contribution is -0.144. The summed E-state index contributed by atoms with van der Waals surface area (Å²) in [7, 11) is 0. The van der Waals surface area contributed by atoms with Gasteiger partial charge in [-0.1, -0.05) is 12.1 Å². The maximum atomic E-state index is 10.9. The molecule has 1 saturated carbocycles. The number of carbonyl (C=O) groups is 1. The summed E-state index contributed by atoms with van der Waals surface area (Å²) in [5, 5.41) is 22.8. The summed E-state index contributed by atoms with van der Waals surface area (Å²) < 4.78 is 5.54. The van der Waals surface area contributed by atoms with Gasteiger partial charge in [0.05, 0.1) is 23.8 Å². The quantitative estimate of drug-likeness (QED) is 0.751. The molecule has 0 unspecified atom stereocenters. The Morgan fingerprint density at radius 1 is 1.38 bits per heavy atom. The van der Waals surface area contributed by atoms with E-state index in [0.29, 0.717) is 38.8 Å². The van der Waals surface area contributed by atoms with Gasteiger partial charge in [0.1, 0.15) is 5.75 Å². The van der Waals surface area contributed by atoms with Gasteiger partial charge < -0.3 is 20.3 Å². The molecular weight excluding hydrogens is 270 g/mol. The van der Waals surface area contributed by atoms with Crippen LogP contribution < -0.4 is 10.1 Å². The van der Waals surface area contributed by atoms with Crippen molar-refractivity contribution in [3.05, 3.63) is 24.3 Å². The van der Waals surface area contributed by atoms with Crippen molar-refractivity contribution in [2.24, 2.45) is 5.92 Å². The van der Waals surface area contributed by atoms with Crippen LogP contribution in [0.25, 0.3) is 0 Å². The van der Waals surface area contributed by atoms with E-state index in [9.17, 15) is 9.90 Å². The summed E-state index contributed by atoms with van der Waals surface area (Å²) in [5.74, 6) is -0.310. The lowest BCUT2D eigenvalue weighted by Gasteiger charge is -2.35. The van der Waals surface area contributed by atoms with Gasteiger partial charge in [0.15, 0.2) is 0 Å². The Morgan fingerprint density at radius 2 is 2.05 bits per heavy atom. The first kappa shape index (κ1) is 15.6. The molecule has 1 aromatic rings. The lowest BCUT2D eigenvalue weighted by atomic mass is 9.79. The number of para-hydroxylation sites is 2. The number of rotatable bonds is 6. The summed E-state index contributed by atoms with van der Waals surface area (Å²) in [5.41, 5.74) is 0.0128. The van der Waals surface area contributed by atoms with Crippen LogP contribution in [-0.4, -0.2) is 34.9 Å². The average molecular weight is 293 g/mol. The van der Waals surface area contributed by atoms with E-state index in [-0.39, 0.29) is 5.92 Å². The summed E-state index contributed by atoms with van der Waals surface area (Å²) in [6.45, 7) is 2.92. The minimum atomic E-state index is -0.842. The van der Waals surface area contributed by atoms with E-state index in [1.807, 2.05) is 31.2 Å². The van der Waals surface area contributed by atoms with Gasteiger partial charge in [0.25, 0.3) is 0 Å². The van der Waals surface area contributed by atoms with Crippen molar-refractivity contribution >= 4 is 11.7 Å². The number of aliphatic hydroxyl groups is 1. The fourth-order valence-corrected chi connectivity index (χ4v) is 2.73. The maximum Gasteiger partial charge on any atom is 0.306 e. The van der Waals surface area contributed by atoms with Crippen LogP contribution in [0.15, 0.2) is 24.3 Å². The van der Waals surface area contributed by atoms with Crippen LogP contribution in [0.2, 0.25) is 0 Å². The lowest BCUT2D eigenvalue weighted by Crippen LogP contribution is -2.41. The molecule has 5 heteroatoms. The van der Waals surface area contributed by atoms with Crippen molar-refractivity contribution in [1.82, 2.24) is 0 Å². The molecule has 1 aliphatic rings. The Labute approximate surface area is 124 Å². The van der Waals surface area contributed by atoms with E-state index in [4.69, 9.17) is 9.84 Å². The van der Waals surface area contributed by atoms with E-state index in [0.717, 1.165) is 11.4 Å². The summed E-state index contributed by atoms with van der Waals surface area (Å²) in [6, 6.07) is 7.62. The molecular formula is C16H23NO4. The Morgan fingerprint density at radius 3 is 2.67 bits per heavy atom. The summed E-state index contributed by atoms with van der Waals surface area (Å²) in [4.78, 5) is 10.9. The molecule has 1 aliphatic carbocycles. The molecule has 1 aromatic carbocycles. The minimum absolute atomic E-state index is 0.319. The number of nitrogens with one attached hydrogen (secondary N) is 1. The first-order valence-electron chi connectivity index (χ1n) is 7.45. The third-order valence-electron chi connectivity index (χ3n) is 4.06. The monoisotopic (exact) mass is 293 g/mol. The number of carboxylic acid groups (broad SMARTS) is 1. The number of anilines is 1. The predicted molar refractivity (Wildman–Crippen MR) is 80.6 cm³/mol. The zero-order valence-electron chi connectivity index (χ0n) is 12.3. The molecule has 0 heterocycles. The molecule has 21 heavy (non-hydrogen) atoms. The van der Waals surface area contributed by atoms with Gasteiger partial charge in [0, 0.05) is 6.54 Å². The number of hydrogen-bond acceptors (Lipinski definition) is 4. The van der Waals surface area contributed by atoms with Crippen LogP contribution in [0.5, 0.6) is 5.75 Å². The molecule has 116 valence electrons. The van der Waals surface area contributed by atoms with Gasteiger partial charge in [-0.3, -0.25) is 4.79 Å². The van der Waals surface area contributed by atoms with E-state index in [1.54, 1.807) is 0 Å². The maximum absolute atomic E-state index is 10.9. The van der Waals surface area contributed by atoms with E-state index in [2.05, 4.69) is 5.32 Å². The molecule has 0 amide bonds. The van der Waals surface area contributed by atoms with Gasteiger partial charge in [0.2, 0.25) is 0 Å². The standard InChI is InChI=1S/C16H23NO4/c1-2-21-14-6-4-3-5-13(14)17-11-16(20)9-7-12(8-10-16)15(18)19/h3-6,12,17,20H,2,7-11H2,1H3,(H,18,19). The van der Waals surface area contributed by atoms with Crippen molar-refractivity contribution in [2.45, 2.75) is 38.2 Å². The van der Waals surface area contributed by atoms with Gasteiger partial charge in [-0.15, -0.1) is 0 Å². The zero-order valence-corrected chi connectivity index (χ0v) is 12.3. The first-order chi connectivity index (χ1) is 10.0. The van der Waals surface area contributed by atoms with Crippen LogP contribution in [0.3, 0.4) is 0 Å². The Balaban J connectivity index is 1.92. The van der Waals surface area contributed by atoms with E-state index < -0.39 is 11.6 Å². The molecule has 1 fully saturated rings. The first-order valence-corrected chi connectivity index (χ1v) is 7.45. The predicted octanol–water partition coefficient (Wildman–Crippen LogP) is 2.50. The minimum Gasteiger partial charge on any atom is -0.492 e. The van der Waals surface area contributed by atoms with Gasteiger partial charge in [-0.25, -0.2) is 0 Å². The second-order valence-corrected chi connectivity index (χ2v) is 5.62. The highest BCUT2D eigenvalue weighted by Gasteiger charge is 2.35. The fraction of sp³-hybridized carbons (Fsp3) is 0.562. The fourth-order valence-electron chi connectivity index (χ4n) is 2.73. The summed E-state index contributed by atoms with van der Waals surface area (Å²) in [6.07, 6.45) is 2.07. The Bertz CT molecular complexity index is 481. The van der Waals surface area contributed by atoms with Crippen molar-refractivity contribution in [3.63, 3.8) is 0 Å². The second kappa shape index (κ2) is 6.80. The molecule has 2 rings (SSSR count). The number of hydrogen-bond donors (Lipinski definition) is 3. The van der Waals surface area contributed by atoms with Crippen LogP contribution in [0.1, 0.15) is 32.6 Å². The smallest absolute Gasteiger partial charge is 0.306 e. The van der Waals surface area contributed by atoms with Gasteiger partial charge >= 0.3 is 5.97 Å². The van der Waals surface area contributed by atoms with Crippen molar-refractivity contribution in [2.75, 3.05) is 18.5 Å².